The van der Waals surface area contributed by atoms with E-state index in [0.29, 0.717) is 12.6 Å². The normalized spacial score (nSPS) is 11.5. The SMILES string of the molecule is CC(C)N(C)CCCCCO. The van der Waals surface area contributed by atoms with Crippen molar-refractivity contribution in [3.8, 4) is 0 Å². The Morgan fingerprint density at radius 1 is 1.18 bits per heavy atom. The maximum Gasteiger partial charge on any atom is 0.0431 e. The Morgan fingerprint density at radius 3 is 2.27 bits per heavy atom. The van der Waals surface area contributed by atoms with Crippen molar-refractivity contribution in [2.75, 3.05) is 20.2 Å². The van der Waals surface area contributed by atoms with Gasteiger partial charge in [0.1, 0.15) is 0 Å². The molecule has 0 spiro atoms. The largest absolute Gasteiger partial charge is 0.396 e. The highest BCUT2D eigenvalue weighted by Crippen LogP contribution is 1.99. The average Bonchev–Trinajstić information content (AvgIpc) is 1.97. The van der Waals surface area contributed by atoms with Crippen LogP contribution in [0.2, 0.25) is 0 Å². The third kappa shape index (κ3) is 6.32. The molecule has 0 atom stereocenters. The van der Waals surface area contributed by atoms with Gasteiger partial charge in [0.2, 0.25) is 0 Å². The van der Waals surface area contributed by atoms with Crippen molar-refractivity contribution < 1.29 is 5.11 Å². The van der Waals surface area contributed by atoms with Crippen molar-refractivity contribution >= 4 is 0 Å². The van der Waals surface area contributed by atoms with Crippen LogP contribution in [0.4, 0.5) is 0 Å². The van der Waals surface area contributed by atoms with Crippen molar-refractivity contribution in [1.29, 1.82) is 0 Å². The lowest BCUT2D eigenvalue weighted by molar-refractivity contribution is 0.252. The van der Waals surface area contributed by atoms with Gasteiger partial charge in [0.25, 0.3) is 0 Å². The molecule has 0 aromatic carbocycles. The van der Waals surface area contributed by atoms with Crippen LogP contribution >= 0.6 is 0 Å². The summed E-state index contributed by atoms with van der Waals surface area (Å²) in [7, 11) is 2.14. The van der Waals surface area contributed by atoms with E-state index >= 15 is 0 Å². The van der Waals surface area contributed by atoms with Gasteiger partial charge < -0.3 is 10.0 Å². The van der Waals surface area contributed by atoms with Gasteiger partial charge in [-0.15, -0.1) is 0 Å². The first kappa shape index (κ1) is 10.9. The quantitative estimate of drug-likeness (QED) is 0.593. The van der Waals surface area contributed by atoms with Gasteiger partial charge >= 0.3 is 0 Å². The molecule has 0 bridgehead atoms. The zero-order valence-corrected chi connectivity index (χ0v) is 8.01. The Balaban J connectivity index is 3.10. The lowest BCUT2D eigenvalue weighted by Gasteiger charge is -2.20. The zero-order chi connectivity index (χ0) is 8.69. The molecule has 11 heavy (non-hydrogen) atoms. The van der Waals surface area contributed by atoms with Crippen LogP contribution in [-0.2, 0) is 0 Å². The van der Waals surface area contributed by atoms with E-state index in [9.17, 15) is 0 Å². The molecule has 0 fully saturated rings. The smallest absolute Gasteiger partial charge is 0.0431 e. The van der Waals surface area contributed by atoms with Gasteiger partial charge in [0, 0.05) is 12.6 Å². The van der Waals surface area contributed by atoms with E-state index in [1.165, 1.54) is 6.42 Å². The van der Waals surface area contributed by atoms with Crippen molar-refractivity contribution in [3.05, 3.63) is 0 Å². The molecule has 0 saturated heterocycles. The Labute approximate surface area is 70.2 Å². The number of aliphatic hydroxyl groups excluding tert-OH is 1. The second-order valence-corrected chi connectivity index (χ2v) is 3.36. The van der Waals surface area contributed by atoms with E-state index in [0.717, 1.165) is 19.4 Å². The monoisotopic (exact) mass is 159 g/mol. The van der Waals surface area contributed by atoms with Crippen LogP contribution in [0.5, 0.6) is 0 Å². The topological polar surface area (TPSA) is 23.5 Å². The van der Waals surface area contributed by atoms with Crippen LogP contribution in [0, 0.1) is 0 Å². The van der Waals surface area contributed by atoms with Crippen LogP contribution in [-0.4, -0.2) is 36.2 Å². The minimum absolute atomic E-state index is 0.339. The number of nitrogens with zero attached hydrogens (tertiary/aromatic N) is 1. The Morgan fingerprint density at radius 2 is 1.82 bits per heavy atom. The fourth-order valence-electron chi connectivity index (χ4n) is 0.908. The molecular weight excluding hydrogens is 138 g/mol. The van der Waals surface area contributed by atoms with Crippen molar-refractivity contribution in [1.82, 2.24) is 4.90 Å². The standard InChI is InChI=1S/C9H21NO/c1-9(2)10(3)7-5-4-6-8-11/h9,11H,4-8H2,1-3H3. The van der Waals surface area contributed by atoms with Crippen LogP contribution in [0.25, 0.3) is 0 Å². The van der Waals surface area contributed by atoms with Crippen LogP contribution in [0.15, 0.2) is 0 Å². The first-order valence-corrected chi connectivity index (χ1v) is 4.49. The van der Waals surface area contributed by atoms with Gasteiger partial charge in [0.15, 0.2) is 0 Å². The van der Waals surface area contributed by atoms with E-state index in [4.69, 9.17) is 5.11 Å². The third-order valence-corrected chi connectivity index (χ3v) is 2.05. The van der Waals surface area contributed by atoms with Gasteiger partial charge in [-0.2, -0.15) is 0 Å². The van der Waals surface area contributed by atoms with Gasteiger partial charge in [-0.1, -0.05) is 0 Å². The van der Waals surface area contributed by atoms with E-state index in [-0.39, 0.29) is 0 Å². The molecule has 0 aliphatic carbocycles. The van der Waals surface area contributed by atoms with E-state index in [1.807, 2.05) is 0 Å². The summed E-state index contributed by atoms with van der Waals surface area (Å²) < 4.78 is 0. The molecule has 0 aromatic rings. The fraction of sp³-hybridized carbons (Fsp3) is 1.00. The predicted octanol–water partition coefficient (Wildman–Crippen LogP) is 1.49. The lowest BCUT2D eigenvalue weighted by atomic mass is 10.2. The van der Waals surface area contributed by atoms with E-state index in [1.54, 1.807) is 0 Å². The summed E-state index contributed by atoms with van der Waals surface area (Å²) in [6, 6.07) is 0.643. The number of rotatable bonds is 6. The van der Waals surface area contributed by atoms with Crippen LogP contribution in [0.3, 0.4) is 0 Å². The highest BCUT2D eigenvalue weighted by Gasteiger charge is 2.00. The number of aliphatic hydroxyl groups is 1. The highest BCUT2D eigenvalue weighted by atomic mass is 16.2. The average molecular weight is 159 g/mol. The van der Waals surface area contributed by atoms with Gasteiger partial charge in [-0.25, -0.2) is 0 Å². The first-order chi connectivity index (χ1) is 5.18. The molecule has 0 aromatic heterocycles. The van der Waals surface area contributed by atoms with Gasteiger partial charge in [0.05, 0.1) is 0 Å². The minimum Gasteiger partial charge on any atom is -0.396 e. The summed E-state index contributed by atoms with van der Waals surface area (Å²) in [6.07, 6.45) is 3.30. The van der Waals surface area contributed by atoms with Gasteiger partial charge in [-0.05, 0) is 46.7 Å². The second kappa shape index (κ2) is 6.62. The number of hydrogen-bond donors (Lipinski definition) is 1. The molecule has 0 saturated carbocycles. The molecule has 2 heteroatoms. The highest BCUT2D eigenvalue weighted by molar-refractivity contribution is 4.56. The van der Waals surface area contributed by atoms with Crippen molar-refractivity contribution in [3.63, 3.8) is 0 Å². The molecular formula is C9H21NO. The Hall–Kier alpha value is -0.0800. The molecule has 0 amide bonds. The Kier molecular flexibility index (Phi) is 6.57. The predicted molar refractivity (Wildman–Crippen MR) is 48.7 cm³/mol. The molecule has 0 aliphatic heterocycles. The lowest BCUT2D eigenvalue weighted by Crippen LogP contribution is -2.27. The van der Waals surface area contributed by atoms with E-state index < -0.39 is 0 Å². The van der Waals surface area contributed by atoms with Crippen molar-refractivity contribution in [2.45, 2.75) is 39.2 Å². The summed E-state index contributed by atoms with van der Waals surface area (Å²) in [5, 5.41) is 8.53. The number of hydrogen-bond acceptors (Lipinski definition) is 2. The second-order valence-electron chi connectivity index (χ2n) is 3.36. The maximum atomic E-state index is 8.53. The summed E-state index contributed by atoms with van der Waals surface area (Å²) >= 11 is 0. The van der Waals surface area contributed by atoms with E-state index in [2.05, 4.69) is 25.8 Å². The van der Waals surface area contributed by atoms with Crippen LogP contribution in [0.1, 0.15) is 33.1 Å². The zero-order valence-electron chi connectivity index (χ0n) is 8.01. The maximum absolute atomic E-state index is 8.53. The summed E-state index contributed by atoms with van der Waals surface area (Å²) in [4.78, 5) is 2.33. The number of unbranched alkanes of at least 4 members (excludes halogenated alkanes) is 2. The van der Waals surface area contributed by atoms with Crippen molar-refractivity contribution in [2.24, 2.45) is 0 Å². The summed E-state index contributed by atoms with van der Waals surface area (Å²) in [6.45, 7) is 5.89. The molecule has 2 nitrogen and oxygen atoms in total. The molecule has 0 heterocycles. The molecule has 1 N–H and O–H groups in total. The molecule has 68 valence electrons. The Bertz CT molecular complexity index is 83.6. The summed E-state index contributed by atoms with van der Waals surface area (Å²) in [5.74, 6) is 0. The molecule has 0 aliphatic rings. The first-order valence-electron chi connectivity index (χ1n) is 4.49. The van der Waals surface area contributed by atoms with Gasteiger partial charge in [-0.3, -0.25) is 0 Å². The van der Waals surface area contributed by atoms with Crippen LogP contribution < -0.4 is 0 Å². The molecule has 0 radical (unpaired) electrons. The molecule has 0 unspecified atom stereocenters. The minimum atomic E-state index is 0.339. The summed E-state index contributed by atoms with van der Waals surface area (Å²) in [5.41, 5.74) is 0. The fourth-order valence-corrected chi connectivity index (χ4v) is 0.908. The third-order valence-electron chi connectivity index (χ3n) is 2.05. The molecule has 0 rings (SSSR count).